The monoisotopic (exact) mass is 415 g/mol. The molecule has 1 aliphatic rings. The summed E-state index contributed by atoms with van der Waals surface area (Å²) in [6, 6.07) is 11.6. The lowest BCUT2D eigenvalue weighted by molar-refractivity contribution is -0.384. The number of carbonyl (C=O) groups is 2. The normalized spacial score (nSPS) is 14.6. The molecule has 0 atom stereocenters. The van der Waals surface area contributed by atoms with Crippen LogP contribution in [0, 0.1) is 15.9 Å². The lowest BCUT2D eigenvalue weighted by atomic mass is 10.2. The second-order valence-electron chi connectivity index (χ2n) is 6.90. The van der Waals surface area contributed by atoms with Crippen LogP contribution in [0.15, 0.2) is 48.5 Å². The van der Waals surface area contributed by atoms with Crippen molar-refractivity contribution in [2.24, 2.45) is 0 Å². The number of rotatable bonds is 5. The van der Waals surface area contributed by atoms with E-state index in [0.29, 0.717) is 19.6 Å². The third kappa shape index (κ3) is 5.74. The van der Waals surface area contributed by atoms with E-state index in [1.165, 1.54) is 30.3 Å². The Hall–Kier alpha value is -3.53. The third-order valence-electron chi connectivity index (χ3n) is 4.78. The van der Waals surface area contributed by atoms with Gasteiger partial charge in [-0.25, -0.2) is 4.39 Å². The molecule has 0 aromatic heterocycles. The van der Waals surface area contributed by atoms with Gasteiger partial charge in [-0.05, 0) is 36.8 Å². The van der Waals surface area contributed by atoms with E-state index in [-0.39, 0.29) is 29.5 Å². The molecule has 2 amide bonds. The maximum Gasteiger partial charge on any atom is 0.270 e. The number of carbonyl (C=O) groups excluding carboxylic acids is 2. The van der Waals surface area contributed by atoms with Crippen molar-refractivity contribution in [2.75, 3.05) is 37.6 Å². The van der Waals surface area contributed by atoms with Gasteiger partial charge in [0.05, 0.1) is 11.5 Å². The average Bonchev–Trinajstić information content (AvgIpc) is 2.98. The van der Waals surface area contributed by atoms with E-state index in [1.54, 1.807) is 12.1 Å². The largest absolute Gasteiger partial charge is 0.370 e. The van der Waals surface area contributed by atoms with E-state index in [4.69, 9.17) is 0 Å². The molecular formula is C20H22FN5O4. The van der Waals surface area contributed by atoms with Gasteiger partial charge in [-0.1, -0.05) is 6.07 Å². The SMILES string of the molecule is O=C(CN1CCCN(c2ccc(F)cc2)CC1)NNC(=O)c1cccc([N+](=O)[O-])c1. The number of halogens is 1. The summed E-state index contributed by atoms with van der Waals surface area (Å²) in [4.78, 5) is 38.6. The molecule has 10 heteroatoms. The Kier molecular flexibility index (Phi) is 6.91. The predicted octanol–water partition coefficient (Wildman–Crippen LogP) is 1.71. The second-order valence-corrected chi connectivity index (χ2v) is 6.90. The van der Waals surface area contributed by atoms with Crippen LogP contribution in [-0.4, -0.2) is 54.4 Å². The van der Waals surface area contributed by atoms with Crippen molar-refractivity contribution >= 4 is 23.2 Å². The molecule has 2 N–H and O–H groups in total. The summed E-state index contributed by atoms with van der Waals surface area (Å²) in [6.07, 6.45) is 0.838. The van der Waals surface area contributed by atoms with Crippen molar-refractivity contribution < 1.29 is 18.9 Å². The standard InChI is InChI=1S/C20H22FN5O4/c21-16-5-7-17(8-6-16)25-10-2-9-24(11-12-25)14-19(27)22-23-20(28)15-3-1-4-18(13-15)26(29)30/h1,3-8,13H,2,9-12,14H2,(H,22,27)(H,23,28). The van der Waals surface area contributed by atoms with Gasteiger partial charge in [0.2, 0.25) is 0 Å². The molecule has 0 bridgehead atoms. The molecule has 0 unspecified atom stereocenters. The van der Waals surface area contributed by atoms with Crippen LogP contribution in [-0.2, 0) is 4.79 Å². The molecule has 158 valence electrons. The quantitative estimate of drug-likeness (QED) is 0.569. The fourth-order valence-electron chi connectivity index (χ4n) is 3.24. The molecule has 0 radical (unpaired) electrons. The first-order valence-electron chi connectivity index (χ1n) is 9.49. The number of non-ortho nitro benzene ring substituents is 1. The Morgan fingerprint density at radius 2 is 1.80 bits per heavy atom. The highest BCUT2D eigenvalue weighted by molar-refractivity contribution is 5.96. The van der Waals surface area contributed by atoms with Crippen LogP contribution in [0.2, 0.25) is 0 Å². The Morgan fingerprint density at radius 1 is 1.03 bits per heavy atom. The van der Waals surface area contributed by atoms with E-state index in [1.807, 2.05) is 4.90 Å². The lowest BCUT2D eigenvalue weighted by Gasteiger charge is -2.23. The van der Waals surface area contributed by atoms with Gasteiger partial charge < -0.3 is 4.90 Å². The number of nitro groups is 1. The van der Waals surface area contributed by atoms with E-state index >= 15 is 0 Å². The maximum atomic E-state index is 13.1. The number of benzene rings is 2. The van der Waals surface area contributed by atoms with Crippen LogP contribution in [0.5, 0.6) is 0 Å². The Morgan fingerprint density at radius 3 is 2.53 bits per heavy atom. The number of amides is 2. The van der Waals surface area contributed by atoms with Crippen molar-refractivity contribution in [3.63, 3.8) is 0 Å². The van der Waals surface area contributed by atoms with Crippen LogP contribution in [0.4, 0.5) is 15.8 Å². The zero-order valence-corrected chi connectivity index (χ0v) is 16.2. The molecule has 1 saturated heterocycles. The highest BCUT2D eigenvalue weighted by atomic mass is 19.1. The molecule has 2 aromatic carbocycles. The molecule has 3 rings (SSSR count). The number of hydrogen-bond acceptors (Lipinski definition) is 6. The van der Waals surface area contributed by atoms with Crippen molar-refractivity contribution in [1.82, 2.24) is 15.8 Å². The molecule has 2 aromatic rings. The summed E-state index contributed by atoms with van der Waals surface area (Å²) < 4.78 is 13.1. The summed E-state index contributed by atoms with van der Waals surface area (Å²) in [5, 5.41) is 10.8. The van der Waals surface area contributed by atoms with Crippen LogP contribution in [0.1, 0.15) is 16.8 Å². The third-order valence-corrected chi connectivity index (χ3v) is 4.78. The highest BCUT2D eigenvalue weighted by Gasteiger charge is 2.18. The number of anilines is 1. The first kappa shape index (κ1) is 21.2. The number of nitrogens with one attached hydrogen (secondary N) is 2. The second kappa shape index (κ2) is 9.79. The zero-order valence-electron chi connectivity index (χ0n) is 16.2. The van der Waals surface area contributed by atoms with Gasteiger partial charge in [0.1, 0.15) is 5.82 Å². The molecule has 9 nitrogen and oxygen atoms in total. The van der Waals surface area contributed by atoms with Gasteiger partial charge in [0.15, 0.2) is 0 Å². The van der Waals surface area contributed by atoms with E-state index in [9.17, 15) is 24.1 Å². The van der Waals surface area contributed by atoms with E-state index < -0.39 is 10.8 Å². The minimum absolute atomic E-state index is 0.0780. The summed E-state index contributed by atoms with van der Waals surface area (Å²) in [5.41, 5.74) is 5.43. The summed E-state index contributed by atoms with van der Waals surface area (Å²) >= 11 is 0. The minimum Gasteiger partial charge on any atom is -0.370 e. The first-order chi connectivity index (χ1) is 14.4. The molecule has 0 aliphatic carbocycles. The van der Waals surface area contributed by atoms with Gasteiger partial charge in [0.25, 0.3) is 17.5 Å². The number of hydrogen-bond donors (Lipinski definition) is 2. The topological polar surface area (TPSA) is 108 Å². The summed E-state index contributed by atoms with van der Waals surface area (Å²) in [7, 11) is 0. The van der Waals surface area contributed by atoms with Gasteiger partial charge in [-0.15, -0.1) is 0 Å². The molecule has 1 aliphatic heterocycles. The fraction of sp³-hybridized carbons (Fsp3) is 0.300. The highest BCUT2D eigenvalue weighted by Crippen LogP contribution is 2.17. The molecule has 1 heterocycles. The number of hydrazine groups is 1. The first-order valence-corrected chi connectivity index (χ1v) is 9.49. The van der Waals surface area contributed by atoms with Crippen LogP contribution in [0.25, 0.3) is 0 Å². The van der Waals surface area contributed by atoms with Crippen molar-refractivity contribution in [1.29, 1.82) is 0 Å². The zero-order chi connectivity index (χ0) is 21.5. The minimum atomic E-state index is -0.634. The van der Waals surface area contributed by atoms with Crippen LogP contribution >= 0.6 is 0 Å². The lowest BCUT2D eigenvalue weighted by Crippen LogP contribution is -2.47. The predicted molar refractivity (Wildman–Crippen MR) is 108 cm³/mol. The van der Waals surface area contributed by atoms with Crippen LogP contribution in [0.3, 0.4) is 0 Å². The van der Waals surface area contributed by atoms with Crippen molar-refractivity contribution in [2.45, 2.75) is 6.42 Å². The molecule has 0 spiro atoms. The molecule has 0 saturated carbocycles. The molecule has 30 heavy (non-hydrogen) atoms. The van der Waals surface area contributed by atoms with Gasteiger partial charge in [-0.3, -0.25) is 35.5 Å². The Bertz CT molecular complexity index is 922. The Labute approximate surface area is 172 Å². The van der Waals surface area contributed by atoms with Crippen LogP contribution < -0.4 is 15.8 Å². The van der Waals surface area contributed by atoms with E-state index in [0.717, 1.165) is 24.7 Å². The van der Waals surface area contributed by atoms with Gasteiger partial charge >= 0.3 is 0 Å². The summed E-state index contributed by atoms with van der Waals surface area (Å²) in [6.45, 7) is 2.95. The smallest absolute Gasteiger partial charge is 0.270 e. The van der Waals surface area contributed by atoms with E-state index in [2.05, 4.69) is 15.8 Å². The summed E-state index contributed by atoms with van der Waals surface area (Å²) in [5.74, 6) is -1.30. The van der Waals surface area contributed by atoms with Gasteiger partial charge in [-0.2, -0.15) is 0 Å². The fourth-order valence-corrected chi connectivity index (χ4v) is 3.24. The van der Waals surface area contributed by atoms with Crippen molar-refractivity contribution in [3.05, 3.63) is 70.0 Å². The molecular weight excluding hydrogens is 393 g/mol. The van der Waals surface area contributed by atoms with Gasteiger partial charge in [0, 0.05) is 49.6 Å². The number of nitro benzene ring substituents is 1. The Balaban J connectivity index is 1.47. The van der Waals surface area contributed by atoms with Crippen molar-refractivity contribution in [3.8, 4) is 0 Å². The average molecular weight is 415 g/mol. The maximum absolute atomic E-state index is 13.1. The molecule has 1 fully saturated rings. The number of nitrogens with zero attached hydrogens (tertiary/aromatic N) is 3.